The van der Waals surface area contributed by atoms with Crippen LogP contribution in [0, 0.1) is 0 Å². The van der Waals surface area contributed by atoms with Crippen LogP contribution in [0.1, 0.15) is 5.56 Å². The van der Waals surface area contributed by atoms with Crippen molar-refractivity contribution in [2.75, 3.05) is 32.7 Å². The molecule has 0 atom stereocenters. The first-order valence-corrected chi connectivity index (χ1v) is 11.2. The number of carbonyl (C=O) groups is 2. The lowest BCUT2D eigenvalue weighted by Crippen LogP contribution is -2.52. The number of rotatable bonds is 6. The number of nitrogens with zero attached hydrogens (tertiary/aromatic N) is 2. The Balaban J connectivity index is 1.43. The summed E-state index contributed by atoms with van der Waals surface area (Å²) < 4.78 is 31.8. The Morgan fingerprint density at radius 3 is 2.23 bits per heavy atom. The van der Waals surface area contributed by atoms with E-state index in [1.54, 1.807) is 0 Å². The molecule has 0 bridgehead atoms. The zero-order valence-corrected chi connectivity index (χ0v) is 17.7. The Morgan fingerprint density at radius 1 is 0.967 bits per heavy atom. The molecule has 0 unspecified atom stereocenters. The molecule has 0 radical (unpaired) electrons. The third kappa shape index (κ3) is 5.71. The average Bonchev–Trinajstić information content (AvgIpc) is 2.77. The number of sulfonamides is 1. The van der Waals surface area contributed by atoms with Gasteiger partial charge >= 0.3 is 6.09 Å². The Hall–Kier alpha value is -2.62. The Kier molecular flexibility index (Phi) is 7.30. The normalized spacial score (nSPS) is 14.9. The van der Waals surface area contributed by atoms with Crippen LogP contribution in [0.4, 0.5) is 4.79 Å². The van der Waals surface area contributed by atoms with Gasteiger partial charge in [-0.15, -0.1) is 0 Å². The minimum Gasteiger partial charge on any atom is -0.445 e. The van der Waals surface area contributed by atoms with Gasteiger partial charge in [-0.1, -0.05) is 41.9 Å². The molecular weight excluding hydrogens is 430 g/mol. The van der Waals surface area contributed by atoms with Crippen LogP contribution >= 0.6 is 11.6 Å². The third-order valence-corrected chi connectivity index (χ3v) is 6.80. The van der Waals surface area contributed by atoms with Crippen LogP contribution in [0.2, 0.25) is 5.02 Å². The summed E-state index contributed by atoms with van der Waals surface area (Å²) in [5, 5.41) is 2.88. The number of halogens is 1. The Morgan fingerprint density at radius 2 is 1.60 bits per heavy atom. The second kappa shape index (κ2) is 9.92. The summed E-state index contributed by atoms with van der Waals surface area (Å²) in [6.45, 7) is 0.739. The van der Waals surface area contributed by atoms with E-state index in [4.69, 9.17) is 16.3 Å². The zero-order chi connectivity index (χ0) is 21.6. The molecule has 2 aromatic rings. The van der Waals surface area contributed by atoms with Crippen molar-refractivity contribution in [2.45, 2.75) is 11.5 Å². The van der Waals surface area contributed by atoms with Gasteiger partial charge < -0.3 is 15.0 Å². The van der Waals surface area contributed by atoms with Crippen LogP contribution < -0.4 is 5.32 Å². The fourth-order valence-corrected chi connectivity index (χ4v) is 4.52. The van der Waals surface area contributed by atoms with Crippen LogP contribution in [-0.4, -0.2) is 62.3 Å². The van der Waals surface area contributed by atoms with Crippen molar-refractivity contribution in [1.82, 2.24) is 14.5 Å². The van der Waals surface area contributed by atoms with Crippen molar-refractivity contribution in [3.8, 4) is 0 Å². The summed E-state index contributed by atoms with van der Waals surface area (Å²) in [5.74, 6) is -0.296. The molecule has 1 N–H and O–H groups in total. The van der Waals surface area contributed by atoms with Gasteiger partial charge in [-0.05, 0) is 29.8 Å². The van der Waals surface area contributed by atoms with E-state index in [1.165, 1.54) is 33.5 Å². The molecule has 10 heteroatoms. The molecule has 30 heavy (non-hydrogen) atoms. The van der Waals surface area contributed by atoms with Crippen molar-refractivity contribution in [3.05, 3.63) is 65.2 Å². The standard InChI is InChI=1S/C20H22ClN3O5S/c21-17-6-8-18(9-7-17)30(27,28)24-12-10-23(11-13-24)19(25)14-22-20(26)29-15-16-4-2-1-3-5-16/h1-9H,10-15H2,(H,22,26). The monoisotopic (exact) mass is 451 g/mol. The molecule has 2 amide bonds. The molecule has 0 aliphatic carbocycles. The second-order valence-corrected chi connectivity index (χ2v) is 9.03. The third-order valence-electron chi connectivity index (χ3n) is 4.64. The minimum atomic E-state index is -3.64. The van der Waals surface area contributed by atoms with E-state index in [2.05, 4.69) is 5.32 Å². The molecule has 0 saturated carbocycles. The summed E-state index contributed by atoms with van der Waals surface area (Å²) in [6, 6.07) is 15.2. The van der Waals surface area contributed by atoms with Crippen LogP contribution in [-0.2, 0) is 26.2 Å². The number of hydrogen-bond acceptors (Lipinski definition) is 5. The van der Waals surface area contributed by atoms with Crippen LogP contribution in [0.15, 0.2) is 59.5 Å². The number of hydrogen-bond donors (Lipinski definition) is 1. The van der Waals surface area contributed by atoms with E-state index in [1.807, 2.05) is 30.3 Å². The van der Waals surface area contributed by atoms with Gasteiger partial charge in [-0.3, -0.25) is 4.79 Å². The predicted octanol–water partition coefficient (Wildman–Crippen LogP) is 2.10. The van der Waals surface area contributed by atoms with Gasteiger partial charge in [0.2, 0.25) is 15.9 Å². The summed E-state index contributed by atoms with van der Waals surface area (Å²) in [5.41, 5.74) is 0.844. The molecule has 160 valence electrons. The number of benzene rings is 2. The maximum Gasteiger partial charge on any atom is 0.407 e. The van der Waals surface area contributed by atoms with E-state index in [-0.39, 0.29) is 50.1 Å². The minimum absolute atomic E-state index is 0.113. The number of piperazine rings is 1. The quantitative estimate of drug-likeness (QED) is 0.725. The summed E-state index contributed by atoms with van der Waals surface area (Å²) in [4.78, 5) is 25.8. The number of amides is 2. The fourth-order valence-electron chi connectivity index (χ4n) is 2.97. The van der Waals surface area contributed by atoms with Gasteiger partial charge in [0.25, 0.3) is 0 Å². The molecule has 2 aromatic carbocycles. The largest absolute Gasteiger partial charge is 0.445 e. The highest BCUT2D eigenvalue weighted by atomic mass is 35.5. The van der Waals surface area contributed by atoms with Crippen molar-refractivity contribution in [1.29, 1.82) is 0 Å². The smallest absolute Gasteiger partial charge is 0.407 e. The van der Waals surface area contributed by atoms with E-state index < -0.39 is 16.1 Å². The van der Waals surface area contributed by atoms with E-state index >= 15 is 0 Å². The maximum absolute atomic E-state index is 12.7. The number of ether oxygens (including phenoxy) is 1. The van der Waals surface area contributed by atoms with E-state index in [0.717, 1.165) is 5.56 Å². The van der Waals surface area contributed by atoms with Gasteiger partial charge in [0.05, 0.1) is 4.90 Å². The Labute approximate surface area is 180 Å². The van der Waals surface area contributed by atoms with Gasteiger partial charge in [0.15, 0.2) is 0 Å². The predicted molar refractivity (Wildman–Crippen MR) is 111 cm³/mol. The fraction of sp³-hybridized carbons (Fsp3) is 0.300. The first-order chi connectivity index (χ1) is 14.4. The average molecular weight is 452 g/mol. The lowest BCUT2D eigenvalue weighted by atomic mass is 10.2. The van der Waals surface area contributed by atoms with Crippen LogP contribution in [0.5, 0.6) is 0 Å². The van der Waals surface area contributed by atoms with Gasteiger partial charge in [-0.2, -0.15) is 4.31 Å². The molecule has 0 aromatic heterocycles. The maximum atomic E-state index is 12.7. The van der Waals surface area contributed by atoms with Crippen LogP contribution in [0.25, 0.3) is 0 Å². The highest BCUT2D eigenvalue weighted by Crippen LogP contribution is 2.19. The van der Waals surface area contributed by atoms with E-state index in [9.17, 15) is 18.0 Å². The molecule has 1 fully saturated rings. The number of nitrogens with one attached hydrogen (secondary N) is 1. The summed E-state index contributed by atoms with van der Waals surface area (Å²) >= 11 is 5.81. The highest BCUT2D eigenvalue weighted by Gasteiger charge is 2.30. The van der Waals surface area contributed by atoms with Crippen LogP contribution in [0.3, 0.4) is 0 Å². The Bertz CT molecular complexity index is 975. The summed E-state index contributed by atoms with van der Waals surface area (Å²) in [6.07, 6.45) is -0.684. The highest BCUT2D eigenvalue weighted by molar-refractivity contribution is 7.89. The van der Waals surface area contributed by atoms with Crippen molar-refractivity contribution in [3.63, 3.8) is 0 Å². The zero-order valence-electron chi connectivity index (χ0n) is 16.2. The first kappa shape index (κ1) is 22.1. The molecule has 3 rings (SSSR count). The molecular formula is C20H22ClN3O5S. The molecule has 1 aliphatic rings. The van der Waals surface area contributed by atoms with E-state index in [0.29, 0.717) is 5.02 Å². The second-order valence-electron chi connectivity index (χ2n) is 6.65. The topological polar surface area (TPSA) is 96.0 Å². The van der Waals surface area contributed by atoms with Gasteiger partial charge in [0, 0.05) is 31.2 Å². The summed E-state index contributed by atoms with van der Waals surface area (Å²) in [7, 11) is -3.64. The van der Waals surface area contributed by atoms with Gasteiger partial charge in [-0.25, -0.2) is 13.2 Å². The van der Waals surface area contributed by atoms with Crippen molar-refractivity contribution < 1.29 is 22.7 Å². The number of alkyl carbamates (subject to hydrolysis) is 1. The molecule has 1 saturated heterocycles. The first-order valence-electron chi connectivity index (χ1n) is 9.34. The van der Waals surface area contributed by atoms with Gasteiger partial charge in [0.1, 0.15) is 13.2 Å². The van der Waals surface area contributed by atoms with Crippen molar-refractivity contribution in [2.24, 2.45) is 0 Å². The lowest BCUT2D eigenvalue weighted by molar-refractivity contribution is -0.131. The molecule has 1 heterocycles. The molecule has 0 spiro atoms. The number of carbonyl (C=O) groups excluding carboxylic acids is 2. The molecule has 1 aliphatic heterocycles. The lowest BCUT2D eigenvalue weighted by Gasteiger charge is -2.34. The molecule has 8 nitrogen and oxygen atoms in total. The SMILES string of the molecule is O=C(NCC(=O)N1CCN(S(=O)(=O)c2ccc(Cl)cc2)CC1)OCc1ccccc1. The van der Waals surface area contributed by atoms with Crippen molar-refractivity contribution >= 4 is 33.6 Å².